The molecule has 0 unspecified atom stereocenters. The van der Waals surface area contributed by atoms with E-state index < -0.39 is 0 Å². The second kappa shape index (κ2) is 9.60. The minimum absolute atomic E-state index is 0.0747. The number of nitrogens with one attached hydrogen (secondary N) is 1. The van der Waals surface area contributed by atoms with Gasteiger partial charge in [-0.25, -0.2) is 0 Å². The van der Waals surface area contributed by atoms with Crippen molar-refractivity contribution in [3.05, 3.63) is 77.6 Å². The van der Waals surface area contributed by atoms with Crippen LogP contribution in [0.25, 0.3) is 0 Å². The average Bonchev–Trinajstić information content (AvgIpc) is 3.05. The van der Waals surface area contributed by atoms with Gasteiger partial charge in [0.25, 0.3) is 0 Å². The fourth-order valence-corrected chi connectivity index (χ4v) is 3.22. The minimum Gasteiger partial charge on any atom is -0.344 e. The van der Waals surface area contributed by atoms with Gasteiger partial charge in [-0.2, -0.15) is 0 Å². The van der Waals surface area contributed by atoms with Crippen molar-refractivity contribution in [1.29, 1.82) is 0 Å². The number of amides is 1. The molecule has 0 fully saturated rings. The zero-order chi connectivity index (χ0) is 18.9. The quantitative estimate of drug-likeness (QED) is 0.531. The maximum absolute atomic E-state index is 12.0. The Bertz CT molecular complexity index is 943. The molecule has 27 heavy (non-hydrogen) atoms. The number of thioether (sulfide) groups is 1. The molecule has 3 rings (SSSR count). The highest BCUT2D eigenvalue weighted by Gasteiger charge is 2.11. The fourth-order valence-electron chi connectivity index (χ4n) is 2.41. The summed E-state index contributed by atoms with van der Waals surface area (Å²) in [6.45, 7) is 2.93. The lowest BCUT2D eigenvalue weighted by molar-refractivity contribution is -0.118. The molecule has 0 bridgehead atoms. The Morgan fingerprint density at radius 3 is 2.52 bits per heavy atom. The van der Waals surface area contributed by atoms with Crippen molar-refractivity contribution >= 4 is 17.7 Å². The van der Waals surface area contributed by atoms with Gasteiger partial charge in [0.15, 0.2) is 5.16 Å². The molecule has 1 amide bonds. The van der Waals surface area contributed by atoms with Gasteiger partial charge in [-0.1, -0.05) is 72.1 Å². The molecule has 0 radical (unpaired) electrons. The summed E-state index contributed by atoms with van der Waals surface area (Å²) in [6.07, 6.45) is 0. The summed E-state index contributed by atoms with van der Waals surface area (Å²) in [5, 5.41) is 11.9. The van der Waals surface area contributed by atoms with Gasteiger partial charge in [0, 0.05) is 5.56 Å². The Balaban J connectivity index is 1.50. The Morgan fingerprint density at radius 1 is 1.07 bits per heavy atom. The summed E-state index contributed by atoms with van der Waals surface area (Å²) in [5.41, 5.74) is 2.11. The van der Waals surface area contributed by atoms with Gasteiger partial charge in [-0.15, -0.1) is 10.2 Å². The van der Waals surface area contributed by atoms with Gasteiger partial charge in [0.05, 0.1) is 18.8 Å². The number of nitrogens with zero attached hydrogens (tertiary/aromatic N) is 3. The van der Waals surface area contributed by atoms with Gasteiger partial charge in [0.2, 0.25) is 5.91 Å². The largest absolute Gasteiger partial charge is 0.344 e. The van der Waals surface area contributed by atoms with Crippen molar-refractivity contribution in [1.82, 2.24) is 20.1 Å². The van der Waals surface area contributed by atoms with Crippen LogP contribution in [0.15, 0.2) is 65.8 Å². The topological polar surface area (TPSA) is 59.8 Å². The van der Waals surface area contributed by atoms with E-state index >= 15 is 0 Å². The molecule has 0 spiro atoms. The lowest BCUT2D eigenvalue weighted by Crippen LogP contribution is -2.25. The van der Waals surface area contributed by atoms with Crippen LogP contribution in [0, 0.1) is 18.8 Å². The second-order valence-corrected chi connectivity index (χ2v) is 6.78. The van der Waals surface area contributed by atoms with Crippen LogP contribution >= 0.6 is 11.8 Å². The first kappa shape index (κ1) is 18.7. The summed E-state index contributed by atoms with van der Waals surface area (Å²) in [4.78, 5) is 12.0. The Morgan fingerprint density at radius 2 is 1.78 bits per heavy atom. The summed E-state index contributed by atoms with van der Waals surface area (Å²) in [6, 6.07) is 19.8. The SMILES string of the molecule is Cc1nnc(SCC(=O)NCC#Cc2ccccc2)n1Cc1ccccc1. The van der Waals surface area contributed by atoms with Crippen molar-refractivity contribution in [2.45, 2.75) is 18.6 Å². The van der Waals surface area contributed by atoms with E-state index in [1.165, 1.54) is 17.3 Å². The number of aromatic nitrogens is 3. The normalized spacial score (nSPS) is 10.1. The van der Waals surface area contributed by atoms with Crippen LogP contribution in [0.1, 0.15) is 17.0 Å². The molecule has 6 heteroatoms. The maximum atomic E-state index is 12.0. The van der Waals surface area contributed by atoms with Crippen LogP contribution in [0.4, 0.5) is 0 Å². The minimum atomic E-state index is -0.0747. The number of carbonyl (C=O) groups excluding carboxylic acids is 1. The first-order valence-electron chi connectivity index (χ1n) is 8.59. The molecular weight excluding hydrogens is 356 g/mol. The van der Waals surface area contributed by atoms with Gasteiger partial charge in [0.1, 0.15) is 5.82 Å². The zero-order valence-corrected chi connectivity index (χ0v) is 15.9. The third-order valence-electron chi connectivity index (χ3n) is 3.80. The average molecular weight is 376 g/mol. The molecule has 0 saturated carbocycles. The monoisotopic (exact) mass is 376 g/mol. The highest BCUT2D eigenvalue weighted by Crippen LogP contribution is 2.18. The van der Waals surface area contributed by atoms with Crippen LogP contribution in [0.2, 0.25) is 0 Å². The van der Waals surface area contributed by atoms with Crippen molar-refractivity contribution in [2.24, 2.45) is 0 Å². The van der Waals surface area contributed by atoms with E-state index in [1.807, 2.05) is 60.0 Å². The molecule has 5 nitrogen and oxygen atoms in total. The third kappa shape index (κ3) is 5.73. The molecule has 1 heterocycles. The van der Waals surface area contributed by atoms with Gasteiger partial charge >= 0.3 is 0 Å². The predicted octanol–water partition coefficient (Wildman–Crippen LogP) is 2.89. The Kier molecular flexibility index (Phi) is 6.66. The molecular formula is C21H20N4OS. The first-order valence-corrected chi connectivity index (χ1v) is 9.58. The summed E-state index contributed by atoms with van der Waals surface area (Å²) >= 11 is 1.38. The lowest BCUT2D eigenvalue weighted by atomic mass is 10.2. The Hall–Kier alpha value is -3.04. The highest BCUT2D eigenvalue weighted by molar-refractivity contribution is 7.99. The van der Waals surface area contributed by atoms with E-state index in [4.69, 9.17) is 0 Å². The molecule has 0 aliphatic rings. The molecule has 1 N–H and O–H groups in total. The third-order valence-corrected chi connectivity index (χ3v) is 4.76. The summed E-state index contributed by atoms with van der Waals surface area (Å²) < 4.78 is 2.02. The van der Waals surface area contributed by atoms with Crippen molar-refractivity contribution in [3.63, 3.8) is 0 Å². The molecule has 2 aromatic carbocycles. The van der Waals surface area contributed by atoms with Crippen molar-refractivity contribution < 1.29 is 4.79 Å². The van der Waals surface area contributed by atoms with Crippen molar-refractivity contribution in [2.75, 3.05) is 12.3 Å². The van der Waals surface area contributed by atoms with Crippen LogP contribution in [0.3, 0.4) is 0 Å². The van der Waals surface area contributed by atoms with Gasteiger partial charge in [-0.05, 0) is 24.6 Å². The molecule has 3 aromatic rings. The van der Waals surface area contributed by atoms with E-state index in [0.29, 0.717) is 13.1 Å². The van der Waals surface area contributed by atoms with E-state index in [2.05, 4.69) is 39.5 Å². The van der Waals surface area contributed by atoms with Crippen LogP contribution in [-0.2, 0) is 11.3 Å². The number of hydrogen-bond donors (Lipinski definition) is 1. The van der Waals surface area contributed by atoms with E-state index in [1.54, 1.807) is 0 Å². The van der Waals surface area contributed by atoms with Crippen LogP contribution in [0.5, 0.6) is 0 Å². The number of hydrogen-bond acceptors (Lipinski definition) is 4. The number of carbonyl (C=O) groups is 1. The summed E-state index contributed by atoms with van der Waals surface area (Å²) in [5.74, 6) is 7.00. The van der Waals surface area contributed by atoms with E-state index in [9.17, 15) is 4.79 Å². The van der Waals surface area contributed by atoms with E-state index in [0.717, 1.165) is 16.5 Å². The van der Waals surface area contributed by atoms with Gasteiger partial charge < -0.3 is 9.88 Å². The number of benzene rings is 2. The van der Waals surface area contributed by atoms with Crippen LogP contribution < -0.4 is 5.32 Å². The summed E-state index contributed by atoms with van der Waals surface area (Å²) in [7, 11) is 0. The van der Waals surface area contributed by atoms with Gasteiger partial charge in [-0.3, -0.25) is 4.79 Å². The van der Waals surface area contributed by atoms with Crippen LogP contribution in [-0.4, -0.2) is 33.0 Å². The first-order chi connectivity index (χ1) is 13.2. The van der Waals surface area contributed by atoms with Crippen molar-refractivity contribution in [3.8, 4) is 11.8 Å². The maximum Gasteiger partial charge on any atom is 0.231 e. The van der Waals surface area contributed by atoms with E-state index in [-0.39, 0.29) is 11.7 Å². The molecule has 1 aromatic heterocycles. The second-order valence-electron chi connectivity index (χ2n) is 5.83. The fraction of sp³-hybridized carbons (Fsp3) is 0.190. The molecule has 0 aliphatic heterocycles. The lowest BCUT2D eigenvalue weighted by Gasteiger charge is -2.08. The number of rotatable bonds is 6. The highest BCUT2D eigenvalue weighted by atomic mass is 32.2. The number of aryl methyl sites for hydroxylation is 1. The predicted molar refractivity (Wildman–Crippen MR) is 107 cm³/mol. The standard InChI is InChI=1S/C21H20N4OS/c1-17-23-24-21(25(17)15-19-11-6-3-7-12-19)27-16-20(26)22-14-8-13-18-9-4-2-5-10-18/h2-7,9-12H,14-16H2,1H3,(H,22,26). The molecule has 136 valence electrons. The molecule has 0 saturated heterocycles. The molecule has 0 aliphatic carbocycles. The molecule has 0 atom stereocenters. The zero-order valence-electron chi connectivity index (χ0n) is 15.1. The Labute approximate surface area is 163 Å². The smallest absolute Gasteiger partial charge is 0.231 e.